The van der Waals surface area contributed by atoms with Crippen molar-refractivity contribution in [3.05, 3.63) is 94.3 Å². The van der Waals surface area contributed by atoms with Gasteiger partial charge in [-0.15, -0.1) is 0 Å². The Morgan fingerprint density at radius 2 is 1.78 bits per heavy atom. The van der Waals surface area contributed by atoms with E-state index in [1.54, 1.807) is 49.6 Å². The molecule has 0 saturated carbocycles. The summed E-state index contributed by atoms with van der Waals surface area (Å²) in [4.78, 5) is 11.2. The molecule has 0 aliphatic heterocycles. The summed E-state index contributed by atoms with van der Waals surface area (Å²) in [6.45, 7) is 1.59. The summed E-state index contributed by atoms with van der Waals surface area (Å²) in [5.41, 5.74) is 0.971. The fraction of sp³-hybridized carbons (Fsp3) is 0.0909. The van der Waals surface area contributed by atoms with Gasteiger partial charge in [-0.2, -0.15) is 13.3 Å². The Hall–Kier alpha value is -3.37. The third kappa shape index (κ3) is 5.65. The minimum atomic E-state index is -2.53. The van der Waals surface area contributed by atoms with Gasteiger partial charge < -0.3 is 10.4 Å². The van der Waals surface area contributed by atoms with Crippen LogP contribution < -0.4 is 15.0 Å². The van der Waals surface area contributed by atoms with Gasteiger partial charge in [0.05, 0.1) is 4.92 Å². The predicted molar refractivity (Wildman–Crippen MR) is 122 cm³/mol. The average molecular weight is 474 g/mol. The molecule has 3 aromatic rings. The molecule has 0 aliphatic carbocycles. The predicted octanol–water partition coefficient (Wildman–Crippen LogP) is 4.63. The molecule has 0 radical (unpaired) electrons. The zero-order valence-corrected chi connectivity index (χ0v) is 18.3. The first-order chi connectivity index (χ1) is 15.3. The zero-order chi connectivity index (χ0) is 23.3. The van der Waals surface area contributed by atoms with Crippen LogP contribution in [0.15, 0.2) is 78.0 Å². The fourth-order valence-corrected chi connectivity index (χ4v) is 3.69. The van der Waals surface area contributed by atoms with Crippen molar-refractivity contribution in [2.24, 2.45) is 0 Å². The lowest BCUT2D eigenvalue weighted by molar-refractivity contribution is -0.577. The Kier molecular flexibility index (Phi) is 7.49. The number of thioether (sulfide) groups is 1. The van der Waals surface area contributed by atoms with Gasteiger partial charge in [0.2, 0.25) is 5.70 Å². The molecule has 0 spiro atoms. The van der Waals surface area contributed by atoms with Gasteiger partial charge in [-0.25, -0.2) is 0 Å². The Balaban J connectivity index is 2.00. The van der Waals surface area contributed by atoms with E-state index < -0.39 is 16.4 Å². The van der Waals surface area contributed by atoms with Crippen LogP contribution in [0.5, 0.6) is 0 Å². The number of hydrogen-bond donors (Lipinski definition) is 1. The number of aromatic nitrogens is 1. The van der Waals surface area contributed by atoms with E-state index in [2.05, 4.69) is 5.32 Å². The second-order valence-corrected chi connectivity index (χ2v) is 8.05. The van der Waals surface area contributed by atoms with Crippen LogP contribution in [0.2, 0.25) is 0 Å². The number of pyridine rings is 1. The topological polar surface area (TPSA) is 82.1 Å². The van der Waals surface area contributed by atoms with E-state index in [4.69, 9.17) is 12.2 Å². The van der Waals surface area contributed by atoms with Crippen molar-refractivity contribution in [3.63, 3.8) is 0 Å². The van der Waals surface area contributed by atoms with Crippen LogP contribution in [0.3, 0.4) is 0 Å². The number of benzene rings is 2. The van der Waals surface area contributed by atoms with Crippen LogP contribution in [0.25, 0.3) is 11.5 Å². The number of nitrogens with one attached hydrogen (secondary N) is 1. The summed E-state index contributed by atoms with van der Waals surface area (Å²) in [7, 11) is 0. The summed E-state index contributed by atoms with van der Waals surface area (Å²) < 4.78 is 26.6. The Morgan fingerprint density at radius 1 is 1.12 bits per heavy atom. The molecule has 3 rings (SSSR count). The highest BCUT2D eigenvalue weighted by Gasteiger charge is 2.20. The van der Waals surface area contributed by atoms with Gasteiger partial charge in [-0.1, -0.05) is 42.2 Å². The summed E-state index contributed by atoms with van der Waals surface area (Å²) >= 11 is 5.90. The molecule has 0 saturated heterocycles. The Bertz CT molecular complexity index is 1170. The maximum absolute atomic E-state index is 13.3. The molecule has 32 heavy (non-hydrogen) atoms. The van der Waals surface area contributed by atoms with E-state index in [0.29, 0.717) is 27.9 Å². The number of nitro groups is 1. The molecule has 0 unspecified atom stereocenters. The zero-order valence-electron chi connectivity index (χ0n) is 16.7. The summed E-state index contributed by atoms with van der Waals surface area (Å²) in [6, 6.07) is 15.6. The van der Waals surface area contributed by atoms with Crippen molar-refractivity contribution in [2.75, 3.05) is 5.32 Å². The third-order valence-electron chi connectivity index (χ3n) is 4.41. The van der Waals surface area contributed by atoms with E-state index in [0.717, 1.165) is 0 Å². The highest BCUT2D eigenvalue weighted by atomic mass is 32.2. The number of rotatable bonds is 7. The van der Waals surface area contributed by atoms with Crippen LogP contribution in [-0.4, -0.2) is 15.7 Å². The highest BCUT2D eigenvalue weighted by Crippen LogP contribution is 2.27. The Morgan fingerprint density at radius 3 is 2.38 bits per heavy atom. The molecule has 1 N–H and O–H groups in total. The Labute approximate surface area is 192 Å². The van der Waals surface area contributed by atoms with Crippen molar-refractivity contribution in [3.8, 4) is 0 Å². The molecular weight excluding hydrogens is 456 g/mol. The number of nitro benzene ring substituents is 1. The van der Waals surface area contributed by atoms with Crippen molar-refractivity contribution in [1.29, 1.82) is 0 Å². The summed E-state index contributed by atoms with van der Waals surface area (Å²) in [6.07, 6.45) is 3.26. The van der Waals surface area contributed by atoms with Gasteiger partial charge >= 0.3 is 0 Å². The number of nitrogens with zero attached hydrogens (tertiary/aromatic N) is 2. The molecule has 1 heterocycles. The lowest BCUT2D eigenvalue weighted by Crippen LogP contribution is -2.39. The van der Waals surface area contributed by atoms with E-state index in [-0.39, 0.29) is 21.9 Å². The molecule has 0 amide bonds. The standard InChI is InChI=1S/C22H17F2N3O3S2/c1-14-5-6-15(13-18(14)27(29)30)20(28)19(26-11-3-2-4-12-26)21(31)25-16-7-9-17(10-8-16)32-22(23)24/h2-13,22H,1H3,(H-,25,28,31). The van der Waals surface area contributed by atoms with E-state index in [9.17, 15) is 24.0 Å². The van der Waals surface area contributed by atoms with E-state index in [1.165, 1.54) is 34.9 Å². The average Bonchev–Trinajstić information content (AvgIpc) is 2.75. The van der Waals surface area contributed by atoms with Crippen LogP contribution in [0.4, 0.5) is 20.2 Å². The van der Waals surface area contributed by atoms with Gasteiger partial charge in [0.1, 0.15) is 0 Å². The lowest BCUT2D eigenvalue weighted by atomic mass is 10.1. The molecule has 6 nitrogen and oxygen atoms in total. The van der Waals surface area contributed by atoms with Gasteiger partial charge in [0, 0.05) is 34.3 Å². The number of alkyl halides is 2. The van der Waals surface area contributed by atoms with Gasteiger partial charge in [0.25, 0.3) is 11.4 Å². The first-order valence-electron chi connectivity index (χ1n) is 9.26. The first kappa shape index (κ1) is 23.3. The van der Waals surface area contributed by atoms with Crippen LogP contribution in [0, 0.1) is 17.0 Å². The molecule has 0 bridgehead atoms. The number of hydrogen-bond acceptors (Lipinski definition) is 5. The lowest BCUT2D eigenvalue weighted by Gasteiger charge is -2.17. The maximum atomic E-state index is 13.3. The van der Waals surface area contributed by atoms with Crippen molar-refractivity contribution >= 4 is 51.8 Å². The van der Waals surface area contributed by atoms with Crippen molar-refractivity contribution in [2.45, 2.75) is 17.6 Å². The summed E-state index contributed by atoms with van der Waals surface area (Å²) in [5.74, 6) is -3.04. The van der Waals surface area contributed by atoms with Crippen LogP contribution >= 0.6 is 24.0 Å². The monoisotopic (exact) mass is 473 g/mol. The van der Waals surface area contributed by atoms with Crippen molar-refractivity contribution in [1.82, 2.24) is 0 Å². The molecule has 2 aromatic carbocycles. The number of thiocarbonyl (C=S) groups is 1. The van der Waals surface area contributed by atoms with E-state index in [1.807, 2.05) is 0 Å². The summed E-state index contributed by atoms with van der Waals surface area (Å²) in [5, 5.41) is 27.6. The van der Waals surface area contributed by atoms with Crippen molar-refractivity contribution < 1.29 is 23.4 Å². The third-order valence-corrected chi connectivity index (χ3v) is 5.43. The van der Waals surface area contributed by atoms with Gasteiger partial charge in [0.15, 0.2) is 17.4 Å². The minimum absolute atomic E-state index is 0.0729. The second-order valence-electron chi connectivity index (χ2n) is 6.58. The maximum Gasteiger partial charge on any atom is 0.288 e. The molecule has 0 aliphatic rings. The molecule has 10 heteroatoms. The molecule has 0 atom stereocenters. The van der Waals surface area contributed by atoms with E-state index >= 15 is 0 Å². The normalized spacial score (nSPS) is 11.8. The minimum Gasteiger partial charge on any atom is -0.867 e. The number of halogens is 2. The smallest absolute Gasteiger partial charge is 0.288 e. The highest BCUT2D eigenvalue weighted by molar-refractivity contribution is 7.99. The number of anilines is 1. The largest absolute Gasteiger partial charge is 0.867 e. The van der Waals surface area contributed by atoms with Crippen LogP contribution in [-0.2, 0) is 0 Å². The quantitative estimate of drug-likeness (QED) is 0.102. The molecule has 164 valence electrons. The first-order valence-corrected chi connectivity index (χ1v) is 10.5. The molecule has 0 fully saturated rings. The van der Waals surface area contributed by atoms with Gasteiger partial charge in [-0.05, 0) is 42.5 Å². The number of aryl methyl sites for hydroxylation is 1. The van der Waals surface area contributed by atoms with Gasteiger partial charge in [-0.3, -0.25) is 10.1 Å². The second kappa shape index (κ2) is 10.3. The molecular formula is C22H17F2N3O3S2. The molecule has 1 aromatic heterocycles. The fourth-order valence-electron chi connectivity index (χ4n) is 2.88. The van der Waals surface area contributed by atoms with Crippen LogP contribution in [0.1, 0.15) is 11.1 Å². The SMILES string of the molecule is Cc1ccc(/C([O-])=C(/C(=S)Nc2ccc(SC(F)F)cc2)[n+]2ccccc2)cc1[N+](=O)[O-].